The Morgan fingerprint density at radius 2 is 1.60 bits per heavy atom. The topological polar surface area (TPSA) is 136 Å². The van der Waals surface area contributed by atoms with Gasteiger partial charge < -0.3 is 10.4 Å². The first kappa shape index (κ1) is 17.9. The highest BCUT2D eigenvalue weighted by Gasteiger charge is 2.29. The van der Waals surface area contributed by atoms with Crippen LogP contribution in [0.1, 0.15) is 35.7 Å². The van der Waals surface area contributed by atoms with Gasteiger partial charge in [-0.25, -0.2) is 4.79 Å². The van der Waals surface area contributed by atoms with Crippen molar-refractivity contribution in [1.29, 1.82) is 0 Å². The molecule has 0 heterocycles. The minimum Gasteiger partial charge on any atom is -0.478 e. The summed E-state index contributed by atoms with van der Waals surface area (Å²) in [7, 11) is 0. The second kappa shape index (κ2) is 6.95. The van der Waals surface area contributed by atoms with Crippen LogP contribution in [0.25, 0.3) is 0 Å². The molecule has 9 heteroatoms. The molecule has 0 saturated heterocycles. The first-order chi connectivity index (χ1) is 11.7. The van der Waals surface area contributed by atoms with Crippen LogP contribution in [0.3, 0.4) is 0 Å². The molecule has 0 bridgehead atoms. The van der Waals surface area contributed by atoms with Crippen LogP contribution in [-0.2, 0) is 0 Å². The third kappa shape index (κ3) is 3.71. The van der Waals surface area contributed by atoms with Crippen molar-refractivity contribution in [2.24, 2.45) is 0 Å². The van der Waals surface area contributed by atoms with Crippen LogP contribution in [0.2, 0.25) is 0 Å². The molecule has 0 aliphatic rings. The number of para-hydroxylation sites is 1. The van der Waals surface area contributed by atoms with E-state index < -0.39 is 32.8 Å². The van der Waals surface area contributed by atoms with Crippen molar-refractivity contribution in [3.05, 3.63) is 67.8 Å². The molecule has 2 aromatic carbocycles. The zero-order chi connectivity index (χ0) is 18.7. The minimum atomic E-state index is -1.49. The molecule has 0 fully saturated rings. The largest absolute Gasteiger partial charge is 0.478 e. The Morgan fingerprint density at radius 1 is 1.08 bits per heavy atom. The number of nitrogens with zero attached hydrogens (tertiary/aromatic N) is 2. The van der Waals surface area contributed by atoms with Gasteiger partial charge in [0.1, 0.15) is 0 Å². The Balaban J connectivity index is 2.70. The summed E-state index contributed by atoms with van der Waals surface area (Å²) < 4.78 is 0. The summed E-state index contributed by atoms with van der Waals surface area (Å²) >= 11 is 0. The predicted molar refractivity (Wildman–Crippen MR) is 90.5 cm³/mol. The van der Waals surface area contributed by atoms with E-state index in [-0.39, 0.29) is 11.6 Å². The summed E-state index contributed by atoms with van der Waals surface area (Å²) in [4.78, 5) is 32.1. The van der Waals surface area contributed by atoms with Gasteiger partial charge in [0, 0.05) is 17.8 Å². The molecule has 2 rings (SSSR count). The van der Waals surface area contributed by atoms with E-state index in [1.54, 1.807) is 24.3 Å². The van der Waals surface area contributed by atoms with Gasteiger partial charge in [-0.05, 0) is 17.5 Å². The lowest BCUT2D eigenvalue weighted by molar-refractivity contribution is -0.392. The van der Waals surface area contributed by atoms with Crippen LogP contribution in [0.15, 0.2) is 36.4 Å². The van der Waals surface area contributed by atoms with Crippen LogP contribution in [0.5, 0.6) is 0 Å². The Hall–Kier alpha value is -3.49. The maximum atomic E-state index is 11.3. The number of nitro groups is 2. The Bertz CT molecular complexity index is 828. The van der Waals surface area contributed by atoms with E-state index >= 15 is 0 Å². The molecule has 9 nitrogen and oxygen atoms in total. The fraction of sp³-hybridized carbons (Fsp3) is 0.188. The number of anilines is 2. The summed E-state index contributed by atoms with van der Waals surface area (Å²) in [5.41, 5.74) is -0.940. The predicted octanol–water partition coefficient (Wildman–Crippen LogP) is 4.07. The molecule has 130 valence electrons. The fourth-order valence-corrected chi connectivity index (χ4v) is 2.40. The van der Waals surface area contributed by atoms with Gasteiger partial charge in [0.15, 0.2) is 5.69 Å². The summed E-state index contributed by atoms with van der Waals surface area (Å²) in [6.07, 6.45) is 0. The molecular formula is C16H15N3O6. The fourth-order valence-electron chi connectivity index (χ4n) is 2.40. The molecule has 0 spiro atoms. The first-order valence-corrected chi connectivity index (χ1v) is 7.28. The molecule has 0 aromatic heterocycles. The number of carbonyl (C=O) groups is 1. The number of nitrogens with one attached hydrogen (secondary N) is 1. The van der Waals surface area contributed by atoms with E-state index in [2.05, 4.69) is 5.32 Å². The lowest BCUT2D eigenvalue weighted by Crippen LogP contribution is -2.07. The highest BCUT2D eigenvalue weighted by atomic mass is 16.6. The monoisotopic (exact) mass is 345 g/mol. The zero-order valence-corrected chi connectivity index (χ0v) is 13.4. The van der Waals surface area contributed by atoms with E-state index in [0.717, 1.165) is 17.7 Å². The molecule has 0 atom stereocenters. The van der Waals surface area contributed by atoms with Crippen LogP contribution in [-0.4, -0.2) is 20.9 Å². The molecular weight excluding hydrogens is 330 g/mol. The Morgan fingerprint density at radius 3 is 2.04 bits per heavy atom. The average molecular weight is 345 g/mol. The van der Waals surface area contributed by atoms with Gasteiger partial charge >= 0.3 is 17.3 Å². The Kier molecular flexibility index (Phi) is 4.97. The summed E-state index contributed by atoms with van der Waals surface area (Å²) in [5.74, 6) is -1.42. The van der Waals surface area contributed by atoms with Gasteiger partial charge in [-0.3, -0.25) is 20.2 Å². The van der Waals surface area contributed by atoms with Gasteiger partial charge in [-0.15, -0.1) is 0 Å². The zero-order valence-electron chi connectivity index (χ0n) is 13.4. The molecule has 25 heavy (non-hydrogen) atoms. The smallest absolute Gasteiger partial charge is 0.336 e. The van der Waals surface area contributed by atoms with Crippen molar-refractivity contribution in [1.82, 2.24) is 0 Å². The molecule has 0 unspecified atom stereocenters. The lowest BCUT2D eigenvalue weighted by Gasteiger charge is -2.15. The minimum absolute atomic E-state index is 0.0695. The SMILES string of the molecule is CC(C)c1ccccc1Nc1c([N+](=O)[O-])cc(C(=O)O)cc1[N+](=O)[O-]. The third-order valence-electron chi connectivity index (χ3n) is 3.58. The van der Waals surface area contributed by atoms with Gasteiger partial charge in [0.2, 0.25) is 0 Å². The van der Waals surface area contributed by atoms with Crippen molar-refractivity contribution in [3.8, 4) is 0 Å². The number of nitro benzene ring substituents is 2. The maximum Gasteiger partial charge on any atom is 0.336 e. The van der Waals surface area contributed by atoms with E-state index in [1.165, 1.54) is 0 Å². The second-order valence-electron chi connectivity index (χ2n) is 5.58. The van der Waals surface area contributed by atoms with Gasteiger partial charge in [-0.2, -0.15) is 0 Å². The number of hydrogen-bond acceptors (Lipinski definition) is 6. The summed E-state index contributed by atoms with van der Waals surface area (Å²) in [6.45, 7) is 3.83. The van der Waals surface area contributed by atoms with Crippen LogP contribution >= 0.6 is 0 Å². The van der Waals surface area contributed by atoms with Crippen LogP contribution in [0.4, 0.5) is 22.7 Å². The first-order valence-electron chi connectivity index (χ1n) is 7.28. The highest BCUT2D eigenvalue weighted by Crippen LogP contribution is 2.39. The maximum absolute atomic E-state index is 11.3. The molecule has 0 aliphatic carbocycles. The van der Waals surface area contributed by atoms with Crippen molar-refractivity contribution in [2.45, 2.75) is 19.8 Å². The standard InChI is InChI=1S/C16H15N3O6/c1-9(2)11-5-3-4-6-12(11)17-15-13(18(22)23)7-10(16(20)21)8-14(15)19(24)25/h3-9,17H,1-2H3,(H,20,21). The molecule has 2 N–H and O–H groups in total. The van der Waals surface area contributed by atoms with Gasteiger partial charge in [-0.1, -0.05) is 32.0 Å². The quantitative estimate of drug-likeness (QED) is 0.595. The normalized spacial score (nSPS) is 10.5. The molecule has 0 amide bonds. The van der Waals surface area contributed by atoms with E-state index in [1.807, 2.05) is 13.8 Å². The molecule has 0 radical (unpaired) electrons. The van der Waals surface area contributed by atoms with E-state index in [9.17, 15) is 25.0 Å². The van der Waals surface area contributed by atoms with Gasteiger partial charge in [0.05, 0.1) is 15.4 Å². The number of carboxylic acid groups (broad SMARTS) is 1. The van der Waals surface area contributed by atoms with E-state index in [4.69, 9.17) is 5.11 Å². The second-order valence-corrected chi connectivity index (χ2v) is 5.58. The molecule has 2 aromatic rings. The van der Waals surface area contributed by atoms with Crippen molar-refractivity contribution < 1.29 is 19.7 Å². The average Bonchev–Trinajstić information content (AvgIpc) is 2.54. The highest BCUT2D eigenvalue weighted by molar-refractivity contribution is 5.93. The number of hydrogen-bond donors (Lipinski definition) is 2. The number of carboxylic acids is 1. The third-order valence-corrected chi connectivity index (χ3v) is 3.58. The lowest BCUT2D eigenvalue weighted by atomic mass is 10.0. The summed E-state index contributed by atoms with van der Waals surface area (Å²) in [5, 5.41) is 34.4. The van der Waals surface area contributed by atoms with Crippen LogP contribution in [0, 0.1) is 20.2 Å². The van der Waals surface area contributed by atoms with Crippen molar-refractivity contribution in [3.63, 3.8) is 0 Å². The number of benzene rings is 2. The van der Waals surface area contributed by atoms with Crippen molar-refractivity contribution >= 4 is 28.7 Å². The summed E-state index contributed by atoms with van der Waals surface area (Å²) in [6, 6.07) is 8.53. The van der Waals surface area contributed by atoms with E-state index in [0.29, 0.717) is 5.69 Å². The van der Waals surface area contributed by atoms with Crippen molar-refractivity contribution in [2.75, 3.05) is 5.32 Å². The number of aromatic carboxylic acids is 1. The van der Waals surface area contributed by atoms with Gasteiger partial charge in [0.25, 0.3) is 0 Å². The molecule has 0 aliphatic heterocycles. The molecule has 0 saturated carbocycles. The van der Waals surface area contributed by atoms with Crippen LogP contribution < -0.4 is 5.32 Å². The Labute approximate surface area is 142 Å². The number of rotatable bonds is 6.